The van der Waals surface area contributed by atoms with Crippen molar-refractivity contribution < 1.29 is 14.4 Å². The lowest BCUT2D eigenvalue weighted by molar-refractivity contribution is -0.147. The number of unbranched alkanes of at least 4 members (excludes halogenated alkanes) is 5. The highest BCUT2D eigenvalue weighted by Crippen LogP contribution is 2.21. The second-order valence-electron chi connectivity index (χ2n) is 5.19. The topological polar surface area (TPSA) is 57.7 Å². The highest BCUT2D eigenvalue weighted by molar-refractivity contribution is 6.15. The molecule has 1 aliphatic heterocycles. The van der Waals surface area contributed by atoms with Crippen LogP contribution in [0.3, 0.4) is 0 Å². The predicted octanol–water partition coefficient (Wildman–Crippen LogP) is 2.40. The Bertz CT molecular complexity index is 331. The van der Waals surface area contributed by atoms with Crippen molar-refractivity contribution in [2.24, 2.45) is 5.92 Å². The van der Waals surface area contributed by atoms with E-state index >= 15 is 0 Å². The first kappa shape index (κ1) is 15.7. The lowest BCUT2D eigenvalue weighted by Gasteiger charge is -2.32. The molecule has 0 spiro atoms. The molecule has 5 nitrogen and oxygen atoms in total. The molecule has 0 unspecified atom stereocenters. The number of rotatable bonds is 7. The summed E-state index contributed by atoms with van der Waals surface area (Å²) in [6, 6.07) is -0.533. The van der Waals surface area contributed by atoms with Crippen molar-refractivity contribution in [2.75, 3.05) is 14.1 Å². The number of hydrogen-bond acceptors (Lipinski definition) is 3. The van der Waals surface area contributed by atoms with Gasteiger partial charge in [-0.15, -0.1) is 0 Å². The molecule has 0 bridgehead atoms. The molecule has 0 saturated carbocycles. The molecule has 5 heteroatoms. The minimum absolute atomic E-state index is 0.360. The quantitative estimate of drug-likeness (QED) is 0.526. The van der Waals surface area contributed by atoms with Gasteiger partial charge in [-0.3, -0.25) is 19.4 Å². The summed E-state index contributed by atoms with van der Waals surface area (Å²) in [5.74, 6) is -1.39. The number of amides is 4. The maximum atomic E-state index is 11.9. The molecule has 19 heavy (non-hydrogen) atoms. The number of carbonyl (C=O) groups excluding carboxylic acids is 3. The van der Waals surface area contributed by atoms with Crippen molar-refractivity contribution in [3.05, 3.63) is 0 Å². The Kier molecular flexibility index (Phi) is 5.99. The van der Waals surface area contributed by atoms with Gasteiger partial charge < -0.3 is 0 Å². The number of barbiturate groups is 1. The Morgan fingerprint density at radius 1 is 0.842 bits per heavy atom. The van der Waals surface area contributed by atoms with E-state index < -0.39 is 11.9 Å². The fourth-order valence-corrected chi connectivity index (χ4v) is 2.36. The summed E-state index contributed by atoms with van der Waals surface area (Å²) >= 11 is 0. The van der Waals surface area contributed by atoms with Crippen LogP contribution in [0.15, 0.2) is 0 Å². The molecular formula is C14H24N2O3. The lowest BCUT2D eigenvalue weighted by atomic mass is 9.96. The smallest absolute Gasteiger partial charge is 0.273 e. The van der Waals surface area contributed by atoms with Gasteiger partial charge in [-0.1, -0.05) is 45.4 Å². The molecule has 0 aromatic carbocycles. The van der Waals surface area contributed by atoms with Crippen molar-refractivity contribution in [1.29, 1.82) is 0 Å². The minimum Gasteiger partial charge on any atom is -0.273 e. The first-order valence-corrected chi connectivity index (χ1v) is 7.09. The van der Waals surface area contributed by atoms with Gasteiger partial charge in [0.15, 0.2) is 0 Å². The van der Waals surface area contributed by atoms with Crippen LogP contribution in [0.25, 0.3) is 0 Å². The van der Waals surface area contributed by atoms with E-state index in [2.05, 4.69) is 6.92 Å². The number of nitrogens with zero attached hydrogens (tertiary/aromatic N) is 2. The van der Waals surface area contributed by atoms with Crippen molar-refractivity contribution in [3.63, 3.8) is 0 Å². The molecule has 1 aliphatic rings. The molecule has 0 N–H and O–H groups in total. The van der Waals surface area contributed by atoms with Crippen LogP contribution in [0.2, 0.25) is 0 Å². The van der Waals surface area contributed by atoms with Crippen LogP contribution in [-0.2, 0) is 9.59 Å². The second-order valence-corrected chi connectivity index (χ2v) is 5.19. The highest BCUT2D eigenvalue weighted by atomic mass is 16.2. The zero-order chi connectivity index (χ0) is 14.4. The van der Waals surface area contributed by atoms with E-state index in [1.54, 1.807) is 0 Å². The van der Waals surface area contributed by atoms with Crippen molar-refractivity contribution in [1.82, 2.24) is 9.80 Å². The largest absolute Gasteiger partial charge is 0.332 e. The van der Waals surface area contributed by atoms with Gasteiger partial charge in [0.05, 0.1) is 0 Å². The Morgan fingerprint density at radius 2 is 1.32 bits per heavy atom. The third-order valence-electron chi connectivity index (χ3n) is 3.68. The lowest BCUT2D eigenvalue weighted by Crippen LogP contribution is -2.56. The van der Waals surface area contributed by atoms with E-state index in [9.17, 15) is 14.4 Å². The summed E-state index contributed by atoms with van der Waals surface area (Å²) in [6.07, 6.45) is 7.25. The zero-order valence-electron chi connectivity index (χ0n) is 12.1. The van der Waals surface area contributed by atoms with Crippen LogP contribution < -0.4 is 0 Å². The molecule has 4 amide bonds. The number of imide groups is 2. The Morgan fingerprint density at radius 3 is 1.84 bits per heavy atom. The summed E-state index contributed by atoms with van der Waals surface area (Å²) in [5, 5.41) is 0. The van der Waals surface area contributed by atoms with Gasteiger partial charge >= 0.3 is 6.03 Å². The van der Waals surface area contributed by atoms with Gasteiger partial charge in [0.2, 0.25) is 11.8 Å². The van der Waals surface area contributed by atoms with Gasteiger partial charge in [-0.2, -0.15) is 0 Å². The van der Waals surface area contributed by atoms with Crippen LogP contribution in [0, 0.1) is 5.92 Å². The normalized spacial score (nSPS) is 17.5. The molecule has 1 heterocycles. The van der Waals surface area contributed by atoms with Crippen LogP contribution in [0.1, 0.15) is 51.9 Å². The predicted molar refractivity (Wildman–Crippen MR) is 72.4 cm³/mol. The van der Waals surface area contributed by atoms with Gasteiger partial charge in [0.1, 0.15) is 5.92 Å². The van der Waals surface area contributed by atoms with E-state index in [0.29, 0.717) is 6.42 Å². The van der Waals surface area contributed by atoms with Crippen molar-refractivity contribution in [3.8, 4) is 0 Å². The molecule has 0 atom stereocenters. The fraction of sp³-hybridized carbons (Fsp3) is 0.786. The zero-order valence-corrected chi connectivity index (χ0v) is 12.1. The maximum Gasteiger partial charge on any atom is 0.332 e. The van der Waals surface area contributed by atoms with Crippen molar-refractivity contribution in [2.45, 2.75) is 51.9 Å². The third kappa shape index (κ3) is 3.78. The Hall–Kier alpha value is -1.39. The summed E-state index contributed by atoms with van der Waals surface area (Å²) in [5.41, 5.74) is 0. The molecule has 0 aliphatic carbocycles. The number of hydrogen-bond donors (Lipinski definition) is 0. The summed E-state index contributed by atoms with van der Waals surface area (Å²) in [6.45, 7) is 2.17. The van der Waals surface area contributed by atoms with Gasteiger partial charge in [-0.05, 0) is 6.42 Å². The third-order valence-corrected chi connectivity index (χ3v) is 3.68. The van der Waals surface area contributed by atoms with Gasteiger partial charge in [-0.25, -0.2) is 4.79 Å². The maximum absolute atomic E-state index is 11.9. The van der Waals surface area contributed by atoms with Crippen molar-refractivity contribution >= 4 is 17.8 Å². The standard InChI is InChI=1S/C14H24N2O3/c1-4-5-6-7-8-9-10-11-12(17)15(2)14(19)16(3)13(11)18/h11H,4-10H2,1-3H3. The van der Waals surface area contributed by atoms with E-state index in [4.69, 9.17) is 0 Å². The second kappa shape index (κ2) is 7.26. The minimum atomic E-state index is -0.668. The average Bonchev–Trinajstić information content (AvgIpc) is 2.41. The van der Waals surface area contributed by atoms with Gasteiger partial charge in [0, 0.05) is 14.1 Å². The molecule has 0 aromatic rings. The average molecular weight is 268 g/mol. The molecule has 108 valence electrons. The summed E-state index contributed by atoms with van der Waals surface area (Å²) < 4.78 is 0. The molecule has 0 aromatic heterocycles. The van der Waals surface area contributed by atoms with Crippen LogP contribution >= 0.6 is 0 Å². The SMILES string of the molecule is CCCCCCCCC1C(=O)N(C)C(=O)N(C)C1=O. The highest BCUT2D eigenvalue weighted by Gasteiger charge is 2.41. The van der Waals surface area contributed by atoms with E-state index in [1.807, 2.05) is 0 Å². The Labute approximate surface area is 114 Å². The fourth-order valence-electron chi connectivity index (χ4n) is 2.36. The summed E-state index contributed by atoms with van der Waals surface area (Å²) in [7, 11) is 2.86. The summed E-state index contributed by atoms with van der Waals surface area (Å²) in [4.78, 5) is 37.5. The first-order chi connectivity index (χ1) is 9.00. The number of urea groups is 1. The van der Waals surface area contributed by atoms with E-state index in [-0.39, 0.29) is 11.8 Å². The van der Waals surface area contributed by atoms with E-state index in [0.717, 1.165) is 29.1 Å². The van der Waals surface area contributed by atoms with Crippen LogP contribution in [-0.4, -0.2) is 41.7 Å². The molecule has 0 radical (unpaired) electrons. The van der Waals surface area contributed by atoms with Gasteiger partial charge in [0.25, 0.3) is 0 Å². The Balaban J connectivity index is 2.41. The van der Waals surface area contributed by atoms with E-state index in [1.165, 1.54) is 33.4 Å². The number of carbonyl (C=O) groups is 3. The first-order valence-electron chi connectivity index (χ1n) is 7.09. The molecule has 1 saturated heterocycles. The van der Waals surface area contributed by atoms with Crippen LogP contribution in [0.5, 0.6) is 0 Å². The van der Waals surface area contributed by atoms with Crippen LogP contribution in [0.4, 0.5) is 4.79 Å². The molecule has 1 fully saturated rings. The monoisotopic (exact) mass is 268 g/mol. The molecular weight excluding hydrogens is 244 g/mol. The molecule has 1 rings (SSSR count).